The van der Waals surface area contributed by atoms with Crippen LogP contribution in [0.15, 0.2) is 11.6 Å². The van der Waals surface area contributed by atoms with Gasteiger partial charge in [0.15, 0.2) is 0 Å². The zero-order chi connectivity index (χ0) is 26.6. The van der Waals surface area contributed by atoms with Gasteiger partial charge in [0, 0.05) is 12.6 Å². The smallest absolute Gasteiger partial charge is 0.394 e. The summed E-state index contributed by atoms with van der Waals surface area (Å²) in [6.07, 6.45) is 6.48. The molecule has 0 aromatic heterocycles. The second-order valence-corrected chi connectivity index (χ2v) is 11.5. The molecule has 3 aliphatic rings. The van der Waals surface area contributed by atoms with Crippen LogP contribution in [0.2, 0.25) is 0 Å². The van der Waals surface area contributed by atoms with Gasteiger partial charge in [0.25, 0.3) is 0 Å². The maximum Gasteiger partial charge on any atom is 0.394 e. The number of ether oxygens (including phenoxy) is 2. The van der Waals surface area contributed by atoms with Gasteiger partial charge in [-0.15, -0.1) is 0 Å². The number of carbonyl (C=O) groups excluding carboxylic acids is 2. The molecule has 3 saturated carbocycles. The van der Waals surface area contributed by atoms with Crippen LogP contribution in [0.4, 0.5) is 0 Å². The van der Waals surface area contributed by atoms with E-state index in [-0.39, 0.29) is 35.1 Å². The van der Waals surface area contributed by atoms with Crippen LogP contribution in [-0.4, -0.2) is 68.0 Å². The van der Waals surface area contributed by atoms with E-state index in [9.17, 15) is 14.7 Å². The van der Waals surface area contributed by atoms with Gasteiger partial charge in [-0.3, -0.25) is 13.9 Å². The number of carbonyl (C=O) groups is 2. The number of hydrogen-bond donors (Lipinski definition) is 4. The molecule has 4 N–H and O–H groups in total. The molecule has 0 aromatic rings. The SMILES string of the molecule is CNCCOC(=O)C=C1CC[C@H]2C([C@@H](O)C[C@@H]3[C@]2(C)CCC[C@@]3(C)C(=O)OC)[C@H]1C.O=S(=O)(O)O. The van der Waals surface area contributed by atoms with Crippen molar-refractivity contribution in [2.45, 2.75) is 65.4 Å². The first-order valence-electron chi connectivity index (χ1n) is 12.2. The largest absolute Gasteiger partial charge is 0.469 e. The van der Waals surface area contributed by atoms with E-state index in [0.717, 1.165) is 37.7 Å². The fourth-order valence-electron chi connectivity index (χ4n) is 7.12. The molecule has 0 aliphatic heterocycles. The molecule has 7 atom stereocenters. The van der Waals surface area contributed by atoms with Crippen molar-refractivity contribution < 1.29 is 41.7 Å². The number of methoxy groups -OCH3 is 1. The third kappa shape index (κ3) is 6.82. The first kappa shape index (κ1) is 29.7. The summed E-state index contributed by atoms with van der Waals surface area (Å²) in [7, 11) is -1.37. The van der Waals surface area contributed by atoms with Crippen molar-refractivity contribution in [2.24, 2.45) is 34.5 Å². The fourth-order valence-corrected chi connectivity index (χ4v) is 7.12. The Morgan fingerprint density at radius 3 is 2.43 bits per heavy atom. The van der Waals surface area contributed by atoms with Crippen LogP contribution >= 0.6 is 0 Å². The number of allylic oxidation sites excluding steroid dienone is 1. The third-order valence-corrected chi connectivity index (χ3v) is 8.67. The molecular formula is C24H41NO9S. The minimum absolute atomic E-state index is 0.00180. The molecule has 3 fully saturated rings. The number of nitrogens with one attached hydrogen (secondary N) is 1. The van der Waals surface area contributed by atoms with Gasteiger partial charge in [-0.2, -0.15) is 8.42 Å². The predicted octanol–water partition coefficient (Wildman–Crippen LogP) is 2.44. The molecule has 202 valence electrons. The Morgan fingerprint density at radius 2 is 1.86 bits per heavy atom. The quantitative estimate of drug-likeness (QED) is 0.184. The highest BCUT2D eigenvalue weighted by molar-refractivity contribution is 7.79. The average Bonchev–Trinajstić information content (AvgIpc) is 2.75. The Bertz CT molecular complexity index is 897. The molecule has 3 aliphatic carbocycles. The van der Waals surface area contributed by atoms with Gasteiger partial charge >= 0.3 is 22.3 Å². The van der Waals surface area contributed by atoms with E-state index in [1.807, 2.05) is 14.0 Å². The van der Waals surface area contributed by atoms with E-state index < -0.39 is 21.9 Å². The maximum absolute atomic E-state index is 12.7. The molecule has 0 amide bonds. The zero-order valence-electron chi connectivity index (χ0n) is 21.3. The Hall–Kier alpha value is -1.53. The summed E-state index contributed by atoms with van der Waals surface area (Å²) in [4.78, 5) is 24.9. The monoisotopic (exact) mass is 519 g/mol. The van der Waals surface area contributed by atoms with Gasteiger partial charge in [0.2, 0.25) is 0 Å². The lowest BCUT2D eigenvalue weighted by molar-refractivity contribution is -0.189. The van der Waals surface area contributed by atoms with Crippen LogP contribution in [0.3, 0.4) is 0 Å². The molecule has 3 rings (SSSR count). The van der Waals surface area contributed by atoms with Crippen molar-refractivity contribution >= 4 is 22.3 Å². The Morgan fingerprint density at radius 1 is 1.23 bits per heavy atom. The second kappa shape index (κ2) is 11.7. The summed E-state index contributed by atoms with van der Waals surface area (Å²) in [5.41, 5.74) is 0.542. The Labute approximate surface area is 208 Å². The number of fused-ring (bicyclic) bond motifs is 3. The lowest BCUT2D eigenvalue weighted by Crippen LogP contribution is -2.60. The number of aliphatic hydroxyl groups is 1. The van der Waals surface area contributed by atoms with Gasteiger partial charge < -0.3 is 19.9 Å². The van der Waals surface area contributed by atoms with E-state index in [0.29, 0.717) is 25.5 Å². The normalized spacial score (nSPS) is 37.8. The van der Waals surface area contributed by atoms with Gasteiger partial charge in [0.1, 0.15) is 6.61 Å². The minimum Gasteiger partial charge on any atom is -0.469 e. The molecule has 0 bridgehead atoms. The molecule has 0 spiro atoms. The van der Waals surface area contributed by atoms with E-state index in [1.54, 1.807) is 6.08 Å². The van der Waals surface area contributed by atoms with E-state index >= 15 is 0 Å². The number of rotatable bonds is 5. The highest BCUT2D eigenvalue weighted by atomic mass is 32.3. The van der Waals surface area contributed by atoms with Gasteiger partial charge in [0.05, 0.1) is 18.6 Å². The number of esters is 2. The molecular weight excluding hydrogens is 478 g/mol. The van der Waals surface area contributed by atoms with Crippen molar-refractivity contribution in [3.05, 3.63) is 11.6 Å². The molecule has 0 heterocycles. The zero-order valence-corrected chi connectivity index (χ0v) is 22.1. The Balaban J connectivity index is 0.000000784. The summed E-state index contributed by atoms with van der Waals surface area (Å²) in [6, 6.07) is 0. The van der Waals surface area contributed by atoms with Crippen molar-refractivity contribution in [3.63, 3.8) is 0 Å². The maximum atomic E-state index is 12.7. The van der Waals surface area contributed by atoms with Gasteiger partial charge in [-0.25, -0.2) is 4.79 Å². The topological polar surface area (TPSA) is 159 Å². The summed E-state index contributed by atoms with van der Waals surface area (Å²) < 4.78 is 42.1. The molecule has 11 heteroatoms. The molecule has 0 radical (unpaired) electrons. The molecule has 1 unspecified atom stereocenters. The van der Waals surface area contributed by atoms with Crippen LogP contribution in [-0.2, 0) is 29.5 Å². The summed E-state index contributed by atoms with van der Waals surface area (Å²) in [6.45, 7) is 7.49. The van der Waals surface area contributed by atoms with E-state index in [4.69, 9.17) is 27.0 Å². The summed E-state index contributed by atoms with van der Waals surface area (Å²) in [5.74, 6) is 0.249. The van der Waals surface area contributed by atoms with Crippen molar-refractivity contribution in [1.29, 1.82) is 0 Å². The van der Waals surface area contributed by atoms with Crippen molar-refractivity contribution in [2.75, 3.05) is 27.3 Å². The highest BCUT2D eigenvalue weighted by Gasteiger charge is 2.62. The van der Waals surface area contributed by atoms with Crippen LogP contribution in [0.5, 0.6) is 0 Å². The summed E-state index contributed by atoms with van der Waals surface area (Å²) in [5, 5.41) is 14.2. The van der Waals surface area contributed by atoms with E-state index in [1.165, 1.54) is 7.11 Å². The van der Waals surface area contributed by atoms with Gasteiger partial charge in [-0.05, 0) is 75.2 Å². The second-order valence-electron chi connectivity index (χ2n) is 10.6. The number of likely N-dealkylation sites (N-methyl/N-ethyl adjacent to an activating group) is 1. The number of aliphatic hydroxyl groups excluding tert-OH is 1. The third-order valence-electron chi connectivity index (χ3n) is 8.67. The Kier molecular flexibility index (Phi) is 9.91. The van der Waals surface area contributed by atoms with Crippen LogP contribution in [0.25, 0.3) is 0 Å². The molecule has 0 aromatic carbocycles. The lowest BCUT2D eigenvalue weighted by Gasteiger charge is -2.62. The molecule has 35 heavy (non-hydrogen) atoms. The first-order valence-corrected chi connectivity index (χ1v) is 13.6. The van der Waals surface area contributed by atoms with Crippen LogP contribution in [0, 0.1) is 34.5 Å². The standard InChI is InChI=1S/C24H39NO5.H2O4S/c1-15-16(13-20(27)30-12-11-25-4)7-8-17-21(15)18(26)14-19-23(17,2)9-6-10-24(19,3)22(28)29-5;1-5(2,3)4/h13,15,17-19,21,25-26H,6-12,14H2,1-5H3;(H2,1,2,3,4)/t15-,17-,18-,19+,21?,23+,24+;/m0./s1. The van der Waals surface area contributed by atoms with E-state index in [2.05, 4.69) is 19.2 Å². The van der Waals surface area contributed by atoms with Crippen molar-refractivity contribution in [3.8, 4) is 0 Å². The van der Waals surface area contributed by atoms with Crippen LogP contribution < -0.4 is 5.32 Å². The average molecular weight is 520 g/mol. The van der Waals surface area contributed by atoms with Crippen molar-refractivity contribution in [1.82, 2.24) is 5.32 Å². The molecule has 10 nitrogen and oxygen atoms in total. The van der Waals surface area contributed by atoms with Crippen LogP contribution in [0.1, 0.15) is 59.3 Å². The minimum atomic E-state index is -4.67. The number of hydrogen-bond acceptors (Lipinski definition) is 8. The lowest BCUT2D eigenvalue weighted by atomic mass is 9.42. The molecule has 0 saturated heterocycles. The summed E-state index contributed by atoms with van der Waals surface area (Å²) >= 11 is 0. The highest BCUT2D eigenvalue weighted by Crippen LogP contribution is 2.65. The fraction of sp³-hybridized carbons (Fsp3) is 0.833. The van der Waals surface area contributed by atoms with Gasteiger partial charge in [-0.1, -0.05) is 25.8 Å². The first-order chi connectivity index (χ1) is 16.2. The predicted molar refractivity (Wildman–Crippen MR) is 129 cm³/mol.